The van der Waals surface area contributed by atoms with Gasteiger partial charge in [0.05, 0.1) is 13.3 Å². The lowest BCUT2D eigenvalue weighted by molar-refractivity contribution is 0.410. The average molecular weight is 272 g/mol. The van der Waals surface area contributed by atoms with Gasteiger partial charge in [-0.3, -0.25) is 0 Å². The van der Waals surface area contributed by atoms with Crippen molar-refractivity contribution >= 4 is 23.2 Å². The summed E-state index contributed by atoms with van der Waals surface area (Å²) in [4.78, 5) is 3.61. The number of rotatable bonds is 2. The third-order valence-corrected chi connectivity index (χ3v) is 2.66. The molecule has 0 radical (unpaired) electrons. The van der Waals surface area contributed by atoms with Gasteiger partial charge < -0.3 is 4.74 Å². The predicted molar refractivity (Wildman–Crippen MR) is 66.2 cm³/mol. The Labute approximate surface area is 108 Å². The fourth-order valence-corrected chi connectivity index (χ4v) is 1.98. The zero-order valence-electron chi connectivity index (χ0n) is 8.88. The number of pyridine rings is 1. The Kier molecular flexibility index (Phi) is 3.50. The number of aromatic nitrogens is 1. The van der Waals surface area contributed by atoms with Gasteiger partial charge in [0.2, 0.25) is 5.95 Å². The summed E-state index contributed by atoms with van der Waals surface area (Å²) in [6.45, 7) is 0. The van der Waals surface area contributed by atoms with Crippen LogP contribution < -0.4 is 4.74 Å². The van der Waals surface area contributed by atoms with Crippen molar-refractivity contribution in [3.8, 4) is 16.9 Å². The molecule has 0 aliphatic rings. The molecule has 88 valence electrons. The van der Waals surface area contributed by atoms with Gasteiger partial charge in [-0.1, -0.05) is 23.2 Å². The van der Waals surface area contributed by atoms with Gasteiger partial charge in [0, 0.05) is 15.6 Å². The van der Waals surface area contributed by atoms with E-state index in [1.165, 1.54) is 13.3 Å². The Balaban J connectivity index is 2.58. The highest BCUT2D eigenvalue weighted by Crippen LogP contribution is 2.30. The number of benzene rings is 1. The van der Waals surface area contributed by atoms with Crippen molar-refractivity contribution in [2.75, 3.05) is 7.11 Å². The highest BCUT2D eigenvalue weighted by molar-refractivity contribution is 6.35. The lowest BCUT2D eigenvalue weighted by Gasteiger charge is -2.06. The minimum Gasteiger partial charge on any atom is -0.495 e. The van der Waals surface area contributed by atoms with E-state index in [1.54, 1.807) is 24.3 Å². The summed E-state index contributed by atoms with van der Waals surface area (Å²) in [5, 5.41) is 0.879. The van der Waals surface area contributed by atoms with Crippen molar-refractivity contribution in [2.24, 2.45) is 0 Å². The number of nitrogens with zero attached hydrogens (tertiary/aromatic N) is 1. The van der Waals surface area contributed by atoms with Gasteiger partial charge in [-0.25, -0.2) is 4.98 Å². The minimum atomic E-state index is -0.593. The zero-order chi connectivity index (χ0) is 12.4. The fourth-order valence-electron chi connectivity index (χ4n) is 1.45. The first kappa shape index (κ1) is 12.1. The van der Waals surface area contributed by atoms with Gasteiger partial charge in [-0.15, -0.1) is 0 Å². The largest absolute Gasteiger partial charge is 0.495 e. The van der Waals surface area contributed by atoms with Crippen molar-refractivity contribution in [3.05, 3.63) is 46.5 Å². The molecule has 0 spiro atoms. The molecular formula is C12H8Cl2FNO. The molecule has 17 heavy (non-hydrogen) atoms. The summed E-state index contributed by atoms with van der Waals surface area (Å²) in [6.07, 6.45) is 1.31. The third kappa shape index (κ3) is 2.68. The summed E-state index contributed by atoms with van der Waals surface area (Å²) in [6, 6.07) is 6.36. The van der Waals surface area contributed by atoms with Crippen LogP contribution in [0.15, 0.2) is 30.5 Å². The maximum Gasteiger partial charge on any atom is 0.220 e. The molecule has 1 aromatic heterocycles. The Bertz CT molecular complexity index is 540. The molecule has 0 saturated heterocycles. The number of hydrogen-bond acceptors (Lipinski definition) is 2. The molecule has 0 aliphatic heterocycles. The van der Waals surface area contributed by atoms with E-state index in [1.807, 2.05) is 0 Å². The molecule has 0 fully saturated rings. The monoisotopic (exact) mass is 271 g/mol. The molecule has 2 aromatic rings. The first-order valence-corrected chi connectivity index (χ1v) is 5.52. The van der Waals surface area contributed by atoms with Gasteiger partial charge in [-0.05, 0) is 29.8 Å². The molecule has 0 bridgehead atoms. The van der Waals surface area contributed by atoms with Crippen LogP contribution in [0.5, 0.6) is 5.75 Å². The van der Waals surface area contributed by atoms with Crippen LogP contribution in [0.3, 0.4) is 0 Å². The summed E-state index contributed by atoms with van der Waals surface area (Å²) >= 11 is 11.7. The van der Waals surface area contributed by atoms with Gasteiger partial charge in [0.25, 0.3) is 0 Å². The van der Waals surface area contributed by atoms with Gasteiger partial charge >= 0.3 is 0 Å². The van der Waals surface area contributed by atoms with E-state index in [9.17, 15) is 4.39 Å². The lowest BCUT2D eigenvalue weighted by atomic mass is 10.1. The van der Waals surface area contributed by atoms with E-state index >= 15 is 0 Å². The smallest absolute Gasteiger partial charge is 0.220 e. The van der Waals surface area contributed by atoms with E-state index in [0.717, 1.165) is 0 Å². The molecular weight excluding hydrogens is 264 g/mol. The van der Waals surface area contributed by atoms with Gasteiger partial charge in [0.15, 0.2) is 0 Å². The van der Waals surface area contributed by atoms with Crippen LogP contribution in [0.2, 0.25) is 10.0 Å². The second-order valence-electron chi connectivity index (χ2n) is 3.37. The summed E-state index contributed by atoms with van der Waals surface area (Å²) in [5.41, 5.74) is 0.861. The highest BCUT2D eigenvalue weighted by atomic mass is 35.5. The third-order valence-electron chi connectivity index (χ3n) is 2.22. The summed E-state index contributed by atoms with van der Waals surface area (Å²) in [7, 11) is 1.49. The van der Waals surface area contributed by atoms with Crippen LogP contribution >= 0.6 is 23.2 Å². The van der Waals surface area contributed by atoms with Crippen molar-refractivity contribution in [1.29, 1.82) is 0 Å². The van der Waals surface area contributed by atoms with E-state index in [2.05, 4.69) is 4.98 Å². The average Bonchev–Trinajstić information content (AvgIpc) is 2.28. The molecule has 2 nitrogen and oxygen atoms in total. The fraction of sp³-hybridized carbons (Fsp3) is 0.0833. The van der Waals surface area contributed by atoms with Crippen LogP contribution in [0, 0.1) is 5.95 Å². The molecule has 0 aliphatic carbocycles. The normalized spacial score (nSPS) is 10.4. The Hall–Kier alpha value is -1.32. The molecule has 0 unspecified atom stereocenters. The van der Waals surface area contributed by atoms with Gasteiger partial charge in [-0.2, -0.15) is 4.39 Å². The van der Waals surface area contributed by atoms with Crippen LogP contribution in [-0.2, 0) is 0 Å². The first-order chi connectivity index (χ1) is 8.10. The molecule has 5 heteroatoms. The van der Waals surface area contributed by atoms with Crippen LogP contribution in [0.4, 0.5) is 4.39 Å². The Morgan fingerprint density at radius 3 is 2.35 bits per heavy atom. The lowest BCUT2D eigenvalue weighted by Crippen LogP contribution is -1.92. The standard InChI is InChI=1S/C12H8Cl2FNO/c1-17-10-5-11(12(15)16-6-10)7-2-8(13)4-9(14)3-7/h2-6H,1H3. The molecule has 1 aromatic carbocycles. The van der Waals surface area contributed by atoms with E-state index in [-0.39, 0.29) is 0 Å². The molecule has 0 saturated carbocycles. The summed E-state index contributed by atoms with van der Waals surface area (Å²) in [5.74, 6) is -0.123. The Morgan fingerprint density at radius 1 is 1.12 bits per heavy atom. The van der Waals surface area contributed by atoms with Crippen molar-refractivity contribution in [1.82, 2.24) is 4.98 Å². The van der Waals surface area contributed by atoms with Crippen LogP contribution in [-0.4, -0.2) is 12.1 Å². The van der Waals surface area contributed by atoms with Gasteiger partial charge in [0.1, 0.15) is 5.75 Å². The molecule has 2 rings (SSSR count). The number of ether oxygens (including phenoxy) is 1. The second kappa shape index (κ2) is 4.90. The van der Waals surface area contributed by atoms with Crippen molar-refractivity contribution in [2.45, 2.75) is 0 Å². The van der Waals surface area contributed by atoms with Crippen LogP contribution in [0.25, 0.3) is 11.1 Å². The zero-order valence-corrected chi connectivity index (χ0v) is 10.4. The van der Waals surface area contributed by atoms with E-state index in [4.69, 9.17) is 27.9 Å². The molecule has 0 amide bonds. The van der Waals surface area contributed by atoms with E-state index < -0.39 is 5.95 Å². The molecule has 0 N–H and O–H groups in total. The van der Waals surface area contributed by atoms with Crippen molar-refractivity contribution < 1.29 is 9.13 Å². The highest BCUT2D eigenvalue weighted by Gasteiger charge is 2.09. The van der Waals surface area contributed by atoms with E-state index in [0.29, 0.717) is 26.9 Å². The summed E-state index contributed by atoms with van der Waals surface area (Å²) < 4.78 is 18.6. The SMILES string of the molecule is COc1cnc(F)c(-c2cc(Cl)cc(Cl)c2)c1. The number of hydrogen-bond donors (Lipinski definition) is 0. The first-order valence-electron chi connectivity index (χ1n) is 4.76. The number of halogens is 3. The molecule has 0 atom stereocenters. The maximum absolute atomic E-state index is 13.6. The van der Waals surface area contributed by atoms with Crippen LogP contribution in [0.1, 0.15) is 0 Å². The predicted octanol–water partition coefficient (Wildman–Crippen LogP) is 4.20. The molecule has 1 heterocycles. The minimum absolute atomic E-state index is 0.300. The topological polar surface area (TPSA) is 22.1 Å². The second-order valence-corrected chi connectivity index (χ2v) is 4.24. The number of methoxy groups -OCH3 is 1. The maximum atomic E-state index is 13.6. The quantitative estimate of drug-likeness (QED) is 0.764. The Morgan fingerprint density at radius 2 is 1.76 bits per heavy atom. The van der Waals surface area contributed by atoms with Crippen molar-refractivity contribution in [3.63, 3.8) is 0 Å².